The van der Waals surface area contributed by atoms with Gasteiger partial charge in [0.15, 0.2) is 0 Å². The van der Waals surface area contributed by atoms with E-state index in [0.29, 0.717) is 6.17 Å². The summed E-state index contributed by atoms with van der Waals surface area (Å²) in [5, 5.41) is 3.60. The van der Waals surface area contributed by atoms with Crippen LogP contribution in [0, 0.1) is 0 Å². The Morgan fingerprint density at radius 3 is 2.45 bits per heavy atom. The van der Waals surface area contributed by atoms with Crippen LogP contribution >= 0.6 is 31.9 Å². The van der Waals surface area contributed by atoms with Gasteiger partial charge in [0.2, 0.25) is 0 Å². The Morgan fingerprint density at radius 2 is 1.73 bits per heavy atom. The van der Waals surface area contributed by atoms with Crippen LogP contribution in [0.25, 0.3) is 0 Å². The lowest BCUT2D eigenvalue weighted by molar-refractivity contribution is 0.120. The van der Waals surface area contributed by atoms with Crippen LogP contribution in [0.1, 0.15) is 17.8 Å². The van der Waals surface area contributed by atoms with Crippen molar-refractivity contribution in [1.82, 2.24) is 20.2 Å². The molecule has 1 aliphatic heterocycles. The number of nitrogens with zero attached hydrogens (tertiary/aromatic N) is 3. The third kappa shape index (κ3) is 4.35. The summed E-state index contributed by atoms with van der Waals surface area (Å²) in [5.41, 5.74) is 2.19. The Balaban J connectivity index is 1.71. The summed E-state index contributed by atoms with van der Waals surface area (Å²) in [6.07, 6.45) is 2.36. The van der Waals surface area contributed by atoms with Crippen molar-refractivity contribution < 1.29 is 0 Å². The van der Waals surface area contributed by atoms with E-state index in [-0.39, 0.29) is 0 Å². The molecule has 0 aromatic carbocycles. The van der Waals surface area contributed by atoms with Crippen molar-refractivity contribution in [2.75, 3.05) is 13.1 Å². The molecule has 0 spiro atoms. The highest BCUT2D eigenvalue weighted by molar-refractivity contribution is 9.10. The van der Waals surface area contributed by atoms with Crippen molar-refractivity contribution in [3.63, 3.8) is 0 Å². The maximum Gasteiger partial charge on any atom is 0.106 e. The molecule has 6 heteroatoms. The summed E-state index contributed by atoms with van der Waals surface area (Å²) in [6, 6.07) is 12.1. The summed E-state index contributed by atoms with van der Waals surface area (Å²) in [4.78, 5) is 11.5. The van der Waals surface area contributed by atoms with E-state index in [9.17, 15) is 0 Å². The SMILES string of the molecule is Brc1cccc(CC2NCCCN2Cc2cccc(Br)n2)n1. The van der Waals surface area contributed by atoms with Crippen LogP contribution in [0.2, 0.25) is 0 Å². The van der Waals surface area contributed by atoms with Crippen molar-refractivity contribution in [3.8, 4) is 0 Å². The lowest BCUT2D eigenvalue weighted by Crippen LogP contribution is -2.52. The highest BCUT2D eigenvalue weighted by Crippen LogP contribution is 2.16. The monoisotopic (exact) mass is 424 g/mol. The average molecular weight is 426 g/mol. The first-order valence-electron chi connectivity index (χ1n) is 7.41. The second-order valence-corrected chi connectivity index (χ2v) is 7.03. The Bertz CT molecular complexity index is 580. The Labute approximate surface area is 147 Å². The maximum absolute atomic E-state index is 4.55. The predicted octanol–water partition coefficient (Wildman–Crippen LogP) is 3.37. The standard InChI is InChI=1S/C16H18Br2N4/c17-14-6-1-4-12(20-14)10-16-19-8-3-9-22(16)11-13-5-2-7-15(18)21-13/h1-2,4-7,16,19H,3,8-11H2. The van der Waals surface area contributed by atoms with E-state index in [4.69, 9.17) is 0 Å². The van der Waals surface area contributed by atoms with E-state index < -0.39 is 0 Å². The molecule has 0 aliphatic carbocycles. The fourth-order valence-corrected chi connectivity index (χ4v) is 3.50. The molecule has 0 bridgehead atoms. The summed E-state index contributed by atoms with van der Waals surface area (Å²) < 4.78 is 1.78. The number of nitrogens with one attached hydrogen (secondary N) is 1. The minimum Gasteiger partial charge on any atom is -0.301 e. The Kier molecular flexibility index (Phi) is 5.57. The molecule has 4 nitrogen and oxygen atoms in total. The molecular formula is C16H18Br2N4. The molecule has 1 unspecified atom stereocenters. The summed E-state index contributed by atoms with van der Waals surface area (Å²) in [5.74, 6) is 0. The quantitative estimate of drug-likeness (QED) is 0.762. The lowest BCUT2D eigenvalue weighted by Gasteiger charge is -2.36. The molecule has 1 fully saturated rings. The third-order valence-electron chi connectivity index (χ3n) is 3.76. The minimum atomic E-state index is 0.302. The van der Waals surface area contributed by atoms with Crippen LogP contribution < -0.4 is 5.32 Å². The van der Waals surface area contributed by atoms with E-state index in [1.54, 1.807) is 0 Å². The van der Waals surface area contributed by atoms with Gasteiger partial charge in [-0.1, -0.05) is 12.1 Å². The van der Waals surface area contributed by atoms with Crippen molar-refractivity contribution >= 4 is 31.9 Å². The van der Waals surface area contributed by atoms with E-state index in [1.165, 1.54) is 0 Å². The van der Waals surface area contributed by atoms with E-state index in [0.717, 1.165) is 53.1 Å². The highest BCUT2D eigenvalue weighted by Gasteiger charge is 2.23. The first kappa shape index (κ1) is 16.1. The molecule has 22 heavy (non-hydrogen) atoms. The zero-order chi connectivity index (χ0) is 15.4. The number of aromatic nitrogens is 2. The van der Waals surface area contributed by atoms with Crippen LogP contribution in [-0.2, 0) is 13.0 Å². The van der Waals surface area contributed by atoms with Gasteiger partial charge in [0.05, 0.1) is 11.9 Å². The van der Waals surface area contributed by atoms with Crippen molar-refractivity contribution in [2.24, 2.45) is 0 Å². The fourth-order valence-electron chi connectivity index (χ4n) is 2.73. The number of halogens is 2. The maximum atomic E-state index is 4.55. The van der Waals surface area contributed by atoms with Crippen LogP contribution in [0.4, 0.5) is 0 Å². The summed E-state index contributed by atoms with van der Waals surface area (Å²) >= 11 is 6.89. The molecule has 1 atom stereocenters. The number of rotatable bonds is 4. The highest BCUT2D eigenvalue weighted by atomic mass is 79.9. The van der Waals surface area contributed by atoms with Crippen LogP contribution in [-0.4, -0.2) is 34.1 Å². The summed E-state index contributed by atoms with van der Waals surface area (Å²) in [6.45, 7) is 2.99. The van der Waals surface area contributed by atoms with Gasteiger partial charge < -0.3 is 5.32 Å². The lowest BCUT2D eigenvalue weighted by atomic mass is 10.1. The average Bonchev–Trinajstić information content (AvgIpc) is 2.49. The Morgan fingerprint density at radius 1 is 1.05 bits per heavy atom. The molecule has 2 aromatic heterocycles. The second-order valence-electron chi connectivity index (χ2n) is 5.40. The zero-order valence-electron chi connectivity index (χ0n) is 12.2. The van der Waals surface area contributed by atoms with Crippen LogP contribution in [0.3, 0.4) is 0 Å². The molecule has 3 rings (SSSR count). The molecule has 116 valence electrons. The molecule has 1 saturated heterocycles. The normalized spacial score (nSPS) is 19.3. The summed E-state index contributed by atoms with van der Waals surface area (Å²) in [7, 11) is 0. The number of pyridine rings is 2. The van der Waals surface area contributed by atoms with Crippen molar-refractivity contribution in [3.05, 3.63) is 57.0 Å². The zero-order valence-corrected chi connectivity index (χ0v) is 15.3. The van der Waals surface area contributed by atoms with Gasteiger partial charge in [0.1, 0.15) is 9.21 Å². The van der Waals surface area contributed by atoms with Crippen LogP contribution in [0.5, 0.6) is 0 Å². The predicted molar refractivity (Wildman–Crippen MR) is 94.4 cm³/mol. The van der Waals surface area contributed by atoms with E-state index >= 15 is 0 Å². The molecule has 1 N–H and O–H groups in total. The van der Waals surface area contributed by atoms with Gasteiger partial charge in [-0.05, 0) is 69.1 Å². The smallest absolute Gasteiger partial charge is 0.106 e. The van der Waals surface area contributed by atoms with Crippen molar-refractivity contribution in [2.45, 2.75) is 25.6 Å². The van der Waals surface area contributed by atoms with Gasteiger partial charge >= 0.3 is 0 Å². The molecule has 0 amide bonds. The fraction of sp³-hybridized carbons (Fsp3) is 0.375. The van der Waals surface area contributed by atoms with E-state index in [2.05, 4.69) is 64.2 Å². The molecule has 3 heterocycles. The van der Waals surface area contributed by atoms with Gasteiger partial charge in [-0.15, -0.1) is 0 Å². The first-order valence-corrected chi connectivity index (χ1v) is 8.99. The second kappa shape index (κ2) is 7.64. The van der Waals surface area contributed by atoms with Crippen molar-refractivity contribution in [1.29, 1.82) is 0 Å². The first-order chi connectivity index (χ1) is 10.7. The van der Waals surface area contributed by atoms with Gasteiger partial charge in [-0.2, -0.15) is 0 Å². The molecule has 0 saturated carbocycles. The van der Waals surface area contributed by atoms with E-state index in [1.807, 2.05) is 24.3 Å². The minimum absolute atomic E-state index is 0.302. The Hall–Kier alpha value is -0.820. The van der Waals surface area contributed by atoms with Crippen LogP contribution in [0.15, 0.2) is 45.6 Å². The van der Waals surface area contributed by atoms with Gasteiger partial charge in [0.25, 0.3) is 0 Å². The number of hydrogen-bond donors (Lipinski definition) is 1. The van der Waals surface area contributed by atoms with Gasteiger partial charge in [-0.3, -0.25) is 4.90 Å². The molecule has 1 aliphatic rings. The van der Waals surface area contributed by atoms with Gasteiger partial charge in [0, 0.05) is 25.2 Å². The number of hydrogen-bond acceptors (Lipinski definition) is 4. The largest absolute Gasteiger partial charge is 0.301 e. The molecular weight excluding hydrogens is 408 g/mol. The molecule has 0 radical (unpaired) electrons. The molecule has 2 aromatic rings. The van der Waals surface area contributed by atoms with Gasteiger partial charge in [-0.25, -0.2) is 9.97 Å². The topological polar surface area (TPSA) is 41.0 Å². The third-order valence-corrected chi connectivity index (χ3v) is 4.64.